The minimum Gasteiger partial charge on any atom is -0.444 e. The van der Waals surface area contributed by atoms with Crippen LogP contribution in [0.2, 0.25) is 0 Å². The molecule has 1 amide bonds. The second kappa shape index (κ2) is 9.59. The number of halogens is 7. The number of carbonyl (C=O) groups excluding carboxylic acids is 1. The molecule has 8 nitrogen and oxygen atoms in total. The molecule has 1 N–H and O–H groups in total. The predicted octanol–water partition coefficient (Wildman–Crippen LogP) is 3.96. The maximum Gasteiger partial charge on any atom is 0.413 e. The number of alkyl halides is 6. The van der Waals surface area contributed by atoms with E-state index in [4.69, 9.17) is 4.74 Å². The summed E-state index contributed by atoms with van der Waals surface area (Å²) in [5, 5.41) is 1.74. The van der Waals surface area contributed by atoms with Crippen LogP contribution in [-0.2, 0) is 15.9 Å². The van der Waals surface area contributed by atoms with Crippen LogP contribution in [0.25, 0.3) is 0 Å². The number of ether oxygens (including phenoxy) is 1. The Bertz CT molecular complexity index is 1040. The van der Waals surface area contributed by atoms with E-state index in [9.17, 15) is 44.9 Å². The quantitative estimate of drug-likeness (QED) is 0.465. The summed E-state index contributed by atoms with van der Waals surface area (Å²) in [4.78, 5) is 26.5. The highest BCUT2D eigenvalue weighted by Gasteiger charge is 2.48. The van der Waals surface area contributed by atoms with Gasteiger partial charge < -0.3 is 9.36 Å². The van der Waals surface area contributed by atoms with Gasteiger partial charge in [-0.15, -0.1) is 4.73 Å². The van der Waals surface area contributed by atoms with Gasteiger partial charge in [-0.05, 0) is 5.56 Å². The molecule has 0 bridgehead atoms. The van der Waals surface area contributed by atoms with Crippen LogP contribution in [0, 0.1) is 5.82 Å². The Morgan fingerprint density at radius 2 is 1.62 bits per heavy atom. The van der Waals surface area contributed by atoms with E-state index in [-0.39, 0.29) is 12.8 Å². The average molecular weight is 491 g/mol. The lowest BCUT2D eigenvalue weighted by Gasteiger charge is -2.22. The minimum absolute atomic E-state index is 0.0124. The number of amides is 1. The van der Waals surface area contributed by atoms with E-state index in [1.165, 1.54) is 0 Å². The number of rotatable bonds is 7. The molecule has 16 heteroatoms. The van der Waals surface area contributed by atoms with Gasteiger partial charge >= 0.3 is 24.1 Å². The lowest BCUT2D eigenvalue weighted by atomic mass is 10.2. The number of nitrogens with one attached hydrogen (secondary N) is 1. The number of hydrogen-bond donors (Lipinski definition) is 1. The van der Waals surface area contributed by atoms with Gasteiger partial charge in [0.1, 0.15) is 18.9 Å². The van der Waals surface area contributed by atoms with E-state index in [2.05, 4.69) is 9.61 Å². The lowest BCUT2D eigenvalue weighted by molar-refractivity contribution is -0.115. The Hall–Kier alpha value is -3.09. The van der Waals surface area contributed by atoms with Crippen LogP contribution in [-0.4, -0.2) is 40.5 Å². The topological polar surface area (TPSA) is 99.5 Å². The molecule has 2 aromatic rings. The number of anilines is 1. The lowest BCUT2D eigenvalue weighted by Crippen LogP contribution is -2.34. The fourth-order valence-electron chi connectivity index (χ4n) is 2.24. The van der Waals surface area contributed by atoms with Crippen molar-refractivity contribution < 1.29 is 49.5 Å². The van der Waals surface area contributed by atoms with Crippen molar-refractivity contribution in [1.29, 1.82) is 0 Å². The first kappa shape index (κ1) is 25.2. The second-order valence-corrected chi connectivity index (χ2v) is 8.60. The molecule has 1 heterocycles. The largest absolute Gasteiger partial charge is 0.444 e. The summed E-state index contributed by atoms with van der Waals surface area (Å²) in [5.41, 5.74) is -1.18. The van der Waals surface area contributed by atoms with Gasteiger partial charge in [0, 0.05) is 0 Å². The zero-order chi connectivity index (χ0) is 24.2. The van der Waals surface area contributed by atoms with Gasteiger partial charge in [-0.1, -0.05) is 30.3 Å². The maximum atomic E-state index is 14.1. The molecule has 0 saturated carbocycles. The van der Waals surface area contributed by atoms with Crippen LogP contribution in [0.15, 0.2) is 41.3 Å². The van der Waals surface area contributed by atoms with Crippen LogP contribution in [0.3, 0.4) is 0 Å². The van der Waals surface area contributed by atoms with E-state index in [1.807, 2.05) is 0 Å². The van der Waals surface area contributed by atoms with Crippen molar-refractivity contribution >= 4 is 19.3 Å². The van der Waals surface area contributed by atoms with Gasteiger partial charge in [0.15, 0.2) is 11.6 Å². The average Bonchev–Trinajstić information content (AvgIpc) is 2.61. The molecule has 0 saturated heterocycles. The molecule has 176 valence electrons. The molecule has 2 rings (SSSR count). The fraction of sp³-hybridized carbons (Fsp3) is 0.312. The SMILES string of the molecule is O=C(Nc1nc(=O)n(OP(=O)(CC(F)(F)F)CC(F)(F)F)cc1F)OCc1ccccc1. The predicted molar refractivity (Wildman–Crippen MR) is 94.7 cm³/mol. The summed E-state index contributed by atoms with van der Waals surface area (Å²) in [7, 11) is -5.62. The molecule has 0 fully saturated rings. The van der Waals surface area contributed by atoms with Crippen LogP contribution >= 0.6 is 7.37 Å². The molecule has 0 unspecified atom stereocenters. The molecule has 0 aliphatic heterocycles. The van der Waals surface area contributed by atoms with Gasteiger partial charge in [-0.2, -0.15) is 31.3 Å². The molecule has 0 aliphatic rings. The molecule has 0 atom stereocenters. The van der Waals surface area contributed by atoms with Gasteiger partial charge in [0.2, 0.25) is 0 Å². The van der Waals surface area contributed by atoms with Crippen molar-refractivity contribution in [3.05, 3.63) is 58.4 Å². The Labute approximate surface area is 174 Å². The third-order valence-corrected chi connectivity index (χ3v) is 5.52. The molecule has 0 aliphatic carbocycles. The summed E-state index contributed by atoms with van der Waals surface area (Å²) < 4.78 is 110. The summed E-state index contributed by atoms with van der Waals surface area (Å²) >= 11 is 0. The third kappa shape index (κ3) is 8.21. The van der Waals surface area contributed by atoms with Gasteiger partial charge in [0.05, 0.1) is 6.20 Å². The third-order valence-electron chi connectivity index (χ3n) is 3.36. The van der Waals surface area contributed by atoms with Crippen molar-refractivity contribution in [2.75, 3.05) is 17.6 Å². The highest BCUT2D eigenvalue weighted by molar-refractivity contribution is 7.59. The Morgan fingerprint density at radius 3 is 2.16 bits per heavy atom. The van der Waals surface area contributed by atoms with E-state index in [1.54, 1.807) is 35.6 Å². The van der Waals surface area contributed by atoms with Gasteiger partial charge in [-0.3, -0.25) is 9.88 Å². The van der Waals surface area contributed by atoms with Crippen LogP contribution < -0.4 is 15.6 Å². The Balaban J connectivity index is 2.17. The standard InChI is InChI=1S/C16H13F7N3O5P/c17-11-6-26(31-32(29,8-15(18,19)20)9-16(21,22)23)13(27)24-12(11)25-14(28)30-7-10-4-2-1-3-5-10/h1-6H,7-9H2,(H,24,25,27,28). The summed E-state index contributed by atoms with van der Waals surface area (Å²) in [6.07, 6.45) is -17.0. The second-order valence-electron chi connectivity index (χ2n) is 6.18. The molecule has 1 aromatic heterocycles. The highest BCUT2D eigenvalue weighted by atomic mass is 31.2. The smallest absolute Gasteiger partial charge is 0.413 e. The number of benzene rings is 1. The van der Waals surface area contributed by atoms with Crippen molar-refractivity contribution in [3.8, 4) is 0 Å². The summed E-state index contributed by atoms with van der Waals surface area (Å²) in [6, 6.07) is 8.19. The summed E-state index contributed by atoms with van der Waals surface area (Å²) in [5.74, 6) is -2.64. The molecule has 1 aromatic carbocycles. The number of aromatic nitrogens is 2. The van der Waals surface area contributed by atoms with Crippen molar-refractivity contribution in [2.45, 2.75) is 19.0 Å². The number of carbonyl (C=O) groups is 1. The fourth-order valence-corrected chi connectivity index (χ4v) is 4.00. The zero-order valence-electron chi connectivity index (χ0n) is 15.6. The van der Waals surface area contributed by atoms with E-state index in [0.717, 1.165) is 0 Å². The Kier molecular flexibility index (Phi) is 7.54. The van der Waals surface area contributed by atoms with Crippen LogP contribution in [0.1, 0.15) is 5.56 Å². The first-order chi connectivity index (χ1) is 14.7. The molecular formula is C16H13F7N3O5P. The highest BCUT2D eigenvalue weighted by Crippen LogP contribution is 2.51. The number of hydrogen-bond acceptors (Lipinski definition) is 6. The Morgan fingerprint density at radius 1 is 1.06 bits per heavy atom. The van der Waals surface area contributed by atoms with E-state index < -0.39 is 60.2 Å². The summed E-state index contributed by atoms with van der Waals surface area (Å²) in [6.45, 7) is -0.244. The van der Waals surface area contributed by atoms with E-state index >= 15 is 0 Å². The zero-order valence-corrected chi connectivity index (χ0v) is 16.5. The maximum absolute atomic E-state index is 14.1. The van der Waals surface area contributed by atoms with Crippen molar-refractivity contribution in [3.63, 3.8) is 0 Å². The van der Waals surface area contributed by atoms with Crippen molar-refractivity contribution in [2.24, 2.45) is 0 Å². The first-order valence-electron chi connectivity index (χ1n) is 8.34. The minimum atomic E-state index is -5.62. The molecular weight excluding hydrogens is 478 g/mol. The monoisotopic (exact) mass is 491 g/mol. The normalized spacial score (nSPS) is 12.3. The van der Waals surface area contributed by atoms with Gasteiger partial charge in [-0.25, -0.2) is 14.0 Å². The van der Waals surface area contributed by atoms with Crippen molar-refractivity contribution in [1.82, 2.24) is 9.71 Å². The molecule has 0 spiro atoms. The van der Waals surface area contributed by atoms with Gasteiger partial charge in [0.25, 0.3) is 7.37 Å². The van der Waals surface area contributed by atoms with E-state index in [0.29, 0.717) is 5.56 Å². The number of nitrogens with zero attached hydrogens (tertiary/aromatic N) is 2. The first-order valence-corrected chi connectivity index (χ1v) is 10.3. The molecule has 32 heavy (non-hydrogen) atoms. The molecule has 0 radical (unpaired) electrons. The van der Waals surface area contributed by atoms with Crippen LogP contribution in [0.4, 0.5) is 41.3 Å². The van der Waals surface area contributed by atoms with Crippen LogP contribution in [0.5, 0.6) is 0 Å².